The number of aromatic hydroxyl groups is 2. The van der Waals surface area contributed by atoms with Crippen molar-refractivity contribution in [3.8, 4) is 11.5 Å². The second-order valence-electron chi connectivity index (χ2n) is 8.56. The largest absolute Gasteiger partial charge is 1.00 e. The van der Waals surface area contributed by atoms with Crippen LogP contribution in [-0.2, 0) is 31.2 Å². The molecule has 0 saturated heterocycles. The van der Waals surface area contributed by atoms with E-state index in [0.717, 1.165) is 0 Å². The van der Waals surface area contributed by atoms with Crippen molar-refractivity contribution >= 4 is 16.1 Å². The Labute approximate surface area is 226 Å². The molecule has 2 N–H and O–H groups in total. The maximum Gasteiger partial charge on any atom is 1.00 e. The van der Waals surface area contributed by atoms with Crippen LogP contribution in [0.3, 0.4) is 0 Å². The summed E-state index contributed by atoms with van der Waals surface area (Å²) >= 11 is 0. The van der Waals surface area contributed by atoms with Crippen LogP contribution in [0, 0.1) is 13.8 Å². The van der Waals surface area contributed by atoms with E-state index >= 15 is 0 Å². The van der Waals surface area contributed by atoms with Gasteiger partial charge in [-0.25, -0.2) is 4.18 Å². The molecule has 35 heavy (non-hydrogen) atoms. The summed E-state index contributed by atoms with van der Waals surface area (Å²) in [5.41, 5.74) is 0.916. The summed E-state index contributed by atoms with van der Waals surface area (Å²) in [6, 6.07) is 14.4. The van der Waals surface area contributed by atoms with E-state index in [9.17, 15) is 28.5 Å². The number of phenolic OH excluding ortho intramolecular Hbond substituents is 2. The predicted octanol–water partition coefficient (Wildman–Crippen LogP) is -1.09. The molecule has 0 amide bonds. The first-order valence-corrected chi connectivity index (χ1v) is 11.9. The molecule has 0 aromatic heterocycles. The fraction of sp³-hybridized carbons (Fsp3) is 0.240. The molecule has 0 radical (unpaired) electrons. The van der Waals surface area contributed by atoms with Crippen molar-refractivity contribution in [3.63, 3.8) is 0 Å². The third kappa shape index (κ3) is 4.84. The van der Waals surface area contributed by atoms with E-state index in [1.165, 1.54) is 17.0 Å². The van der Waals surface area contributed by atoms with Crippen molar-refractivity contribution in [2.45, 2.75) is 30.9 Å². The number of hydrogen-bond acceptors (Lipinski definition) is 8. The Kier molecular flexibility index (Phi) is 7.71. The SMILES string of the molecule is Cc1ccc(C2(c3ccc(C)c(O)c3)OS(=O)(=O)c3c(CN(C)CC(=O)[O-])cccc32)cc1O.[Na+]. The van der Waals surface area contributed by atoms with Gasteiger partial charge < -0.3 is 20.1 Å². The smallest absolute Gasteiger partial charge is 0.549 e. The molecule has 0 bridgehead atoms. The molecule has 178 valence electrons. The van der Waals surface area contributed by atoms with Crippen LogP contribution in [0.15, 0.2) is 59.5 Å². The minimum atomic E-state index is -4.31. The Bertz CT molecular complexity index is 1350. The van der Waals surface area contributed by atoms with E-state index in [0.29, 0.717) is 33.4 Å². The Morgan fingerprint density at radius 1 is 1.00 bits per heavy atom. The average molecular weight is 506 g/mol. The number of carbonyl (C=O) groups is 1. The standard InChI is InChI=1S/C25H25NO7S.Na/c1-15-7-9-18(11-21(15)27)25(19-10-8-16(2)22(28)12-19)20-6-4-5-17(13-26(3)14-23(29)30)24(20)34(31,32)33-25;/h4-12,27-28H,13-14H2,1-3H3,(H,29,30);/q;+1/p-1. The van der Waals surface area contributed by atoms with Crippen LogP contribution in [0.2, 0.25) is 0 Å². The molecule has 1 aliphatic heterocycles. The monoisotopic (exact) mass is 505 g/mol. The van der Waals surface area contributed by atoms with Gasteiger partial charge in [-0.15, -0.1) is 0 Å². The summed E-state index contributed by atoms with van der Waals surface area (Å²) in [5.74, 6) is -1.35. The van der Waals surface area contributed by atoms with Crippen LogP contribution in [-0.4, -0.2) is 43.1 Å². The first-order valence-electron chi connectivity index (χ1n) is 10.5. The van der Waals surface area contributed by atoms with Gasteiger partial charge in [-0.1, -0.05) is 42.5 Å². The van der Waals surface area contributed by atoms with E-state index in [1.807, 2.05) is 0 Å². The van der Waals surface area contributed by atoms with Crippen LogP contribution < -0.4 is 34.7 Å². The zero-order chi connectivity index (χ0) is 24.8. The van der Waals surface area contributed by atoms with Gasteiger partial charge >= 0.3 is 29.6 Å². The maximum absolute atomic E-state index is 13.4. The molecular weight excluding hydrogens is 481 g/mol. The van der Waals surface area contributed by atoms with Crippen molar-refractivity contribution in [2.75, 3.05) is 13.6 Å². The Hall–Kier alpha value is -2.40. The summed E-state index contributed by atoms with van der Waals surface area (Å²) in [4.78, 5) is 12.4. The van der Waals surface area contributed by atoms with Gasteiger partial charge in [0, 0.05) is 18.7 Å². The van der Waals surface area contributed by atoms with E-state index in [2.05, 4.69) is 0 Å². The summed E-state index contributed by atoms with van der Waals surface area (Å²) in [6.07, 6.45) is 0. The summed E-state index contributed by atoms with van der Waals surface area (Å²) in [5, 5.41) is 31.9. The van der Waals surface area contributed by atoms with Crippen LogP contribution in [0.25, 0.3) is 0 Å². The summed E-state index contributed by atoms with van der Waals surface area (Å²) in [6.45, 7) is 3.07. The Morgan fingerprint density at radius 3 is 2.03 bits per heavy atom. The van der Waals surface area contributed by atoms with Crippen molar-refractivity contribution in [3.05, 3.63) is 88.0 Å². The van der Waals surface area contributed by atoms with Gasteiger partial charge in [-0.3, -0.25) is 4.90 Å². The Morgan fingerprint density at radius 2 is 1.54 bits per heavy atom. The number of aryl methyl sites for hydroxylation is 2. The predicted molar refractivity (Wildman–Crippen MR) is 122 cm³/mol. The van der Waals surface area contributed by atoms with Crippen LogP contribution in [0.5, 0.6) is 11.5 Å². The minimum Gasteiger partial charge on any atom is -0.549 e. The minimum absolute atomic E-state index is 0. The molecule has 1 aliphatic rings. The number of nitrogens with zero attached hydrogens (tertiary/aromatic N) is 1. The van der Waals surface area contributed by atoms with E-state index < -0.39 is 21.7 Å². The zero-order valence-corrected chi connectivity index (χ0v) is 22.7. The summed E-state index contributed by atoms with van der Waals surface area (Å²) in [7, 11) is -2.77. The van der Waals surface area contributed by atoms with Crippen LogP contribution in [0.1, 0.15) is 33.4 Å². The van der Waals surface area contributed by atoms with Crippen molar-refractivity contribution in [2.24, 2.45) is 0 Å². The van der Waals surface area contributed by atoms with Crippen LogP contribution >= 0.6 is 0 Å². The van der Waals surface area contributed by atoms with Crippen molar-refractivity contribution in [1.29, 1.82) is 0 Å². The van der Waals surface area contributed by atoms with E-state index in [4.69, 9.17) is 4.18 Å². The second-order valence-corrected chi connectivity index (χ2v) is 10.0. The van der Waals surface area contributed by atoms with E-state index in [-0.39, 0.29) is 59.0 Å². The molecule has 3 aromatic rings. The quantitative estimate of drug-likeness (QED) is 0.320. The molecule has 10 heteroatoms. The molecule has 0 unspecified atom stereocenters. The Balaban J connectivity index is 0.00000342. The third-order valence-corrected chi connectivity index (χ3v) is 7.48. The number of carbonyl (C=O) groups excluding carboxylic acids is 1. The number of hydrogen-bond donors (Lipinski definition) is 2. The average Bonchev–Trinajstić information content (AvgIpc) is 3.00. The van der Waals surface area contributed by atoms with Gasteiger partial charge in [0.2, 0.25) is 0 Å². The normalized spacial score (nSPS) is 15.4. The number of fused-ring (bicyclic) bond motifs is 1. The molecule has 0 aliphatic carbocycles. The van der Waals surface area contributed by atoms with Crippen molar-refractivity contribution in [1.82, 2.24) is 4.90 Å². The molecule has 0 fully saturated rings. The van der Waals surface area contributed by atoms with Crippen LogP contribution in [0.4, 0.5) is 0 Å². The topological polar surface area (TPSA) is 127 Å². The fourth-order valence-electron chi connectivity index (χ4n) is 4.33. The molecule has 0 atom stereocenters. The second kappa shape index (κ2) is 9.93. The van der Waals surface area contributed by atoms with Gasteiger partial charge in [0.05, 0.1) is 5.97 Å². The fourth-order valence-corrected chi connectivity index (χ4v) is 5.96. The number of carboxylic acids is 1. The number of phenols is 2. The van der Waals surface area contributed by atoms with Gasteiger partial charge in [-0.05, 0) is 60.8 Å². The van der Waals surface area contributed by atoms with Gasteiger partial charge in [0.15, 0.2) is 5.60 Å². The van der Waals surface area contributed by atoms with Gasteiger partial charge in [-0.2, -0.15) is 8.42 Å². The maximum atomic E-state index is 13.4. The third-order valence-electron chi connectivity index (χ3n) is 6.03. The number of rotatable bonds is 6. The first-order chi connectivity index (χ1) is 16.0. The number of aliphatic carboxylic acids is 1. The molecule has 3 aromatic carbocycles. The molecule has 8 nitrogen and oxygen atoms in total. The molecule has 0 saturated carbocycles. The number of benzene rings is 3. The number of carboxylic acid groups (broad SMARTS) is 1. The molecule has 0 spiro atoms. The van der Waals surface area contributed by atoms with Gasteiger partial charge in [0.25, 0.3) is 10.1 Å². The molecule has 4 rings (SSSR count). The van der Waals surface area contributed by atoms with Crippen molar-refractivity contribution < 1.29 is 62.3 Å². The first kappa shape index (κ1) is 27.2. The van der Waals surface area contributed by atoms with E-state index in [1.54, 1.807) is 63.4 Å². The molecular formula is C25H24NNaO7S. The molecule has 1 heterocycles. The number of likely N-dealkylation sites (N-methyl/N-ethyl adjacent to an activating group) is 1. The summed E-state index contributed by atoms with van der Waals surface area (Å²) < 4.78 is 32.8. The zero-order valence-electron chi connectivity index (χ0n) is 19.9. The van der Waals surface area contributed by atoms with Gasteiger partial charge in [0.1, 0.15) is 16.4 Å².